The first-order chi connectivity index (χ1) is 6.49. The van der Waals surface area contributed by atoms with Crippen LogP contribution in [0.3, 0.4) is 0 Å². The maximum absolute atomic E-state index is 12.0. The average molecular weight is 227 g/mol. The summed E-state index contributed by atoms with van der Waals surface area (Å²) in [7, 11) is -1.03. The highest BCUT2D eigenvalue weighted by molar-refractivity contribution is 7.55. The Labute approximate surface area is 83.5 Å². The fourth-order valence-corrected chi connectivity index (χ4v) is 2.85. The van der Waals surface area contributed by atoms with Crippen molar-refractivity contribution >= 4 is 7.60 Å². The molecule has 0 aliphatic carbocycles. The van der Waals surface area contributed by atoms with Crippen molar-refractivity contribution in [3.05, 3.63) is 0 Å². The molecule has 0 amide bonds. The Balaban J connectivity index is 4.85. The van der Waals surface area contributed by atoms with E-state index in [-0.39, 0.29) is 26.1 Å². The van der Waals surface area contributed by atoms with E-state index >= 15 is 0 Å². The van der Waals surface area contributed by atoms with Gasteiger partial charge in [0.15, 0.2) is 0 Å². The molecular weight excluding hydrogens is 209 g/mol. The Morgan fingerprint density at radius 3 is 1.79 bits per heavy atom. The highest BCUT2D eigenvalue weighted by Gasteiger charge is 2.45. The summed E-state index contributed by atoms with van der Waals surface area (Å²) in [5.74, 6) is 0. The molecule has 0 spiro atoms. The monoisotopic (exact) mass is 227 g/mol. The lowest BCUT2D eigenvalue weighted by Crippen LogP contribution is -2.42. The van der Waals surface area contributed by atoms with E-state index in [1.807, 2.05) is 0 Å². The average Bonchev–Trinajstić information content (AvgIpc) is 2.17. The van der Waals surface area contributed by atoms with Crippen molar-refractivity contribution in [3.8, 4) is 0 Å². The van der Waals surface area contributed by atoms with Crippen LogP contribution in [0.25, 0.3) is 0 Å². The molecule has 0 saturated carbocycles. The summed E-state index contributed by atoms with van der Waals surface area (Å²) in [4.78, 5) is 0. The maximum Gasteiger partial charge on any atom is 0.349 e. The number of rotatable bonds is 7. The molecule has 14 heavy (non-hydrogen) atoms. The normalized spacial score (nSPS) is 13.2. The highest BCUT2D eigenvalue weighted by Crippen LogP contribution is 2.58. The highest BCUT2D eigenvalue weighted by atomic mass is 31.2. The van der Waals surface area contributed by atoms with Crippen LogP contribution >= 0.6 is 7.60 Å². The van der Waals surface area contributed by atoms with Crippen LogP contribution in [0.15, 0.2) is 0 Å². The van der Waals surface area contributed by atoms with E-state index in [2.05, 4.69) is 0 Å². The molecule has 0 aromatic heterocycles. The van der Waals surface area contributed by atoms with Crippen molar-refractivity contribution < 1.29 is 23.8 Å². The smallest absolute Gasteiger partial charge is 0.349 e. The van der Waals surface area contributed by atoms with Crippen molar-refractivity contribution in [2.75, 3.05) is 27.4 Å². The first kappa shape index (κ1) is 14.0. The summed E-state index contributed by atoms with van der Waals surface area (Å²) < 4.78 is 21.4. The SMILES string of the molecule is COP(=O)(OC)C(N)(CCO)CCO. The molecule has 0 heterocycles. The number of aliphatic hydroxyl groups excluding tert-OH is 2. The third kappa shape index (κ3) is 2.76. The van der Waals surface area contributed by atoms with Gasteiger partial charge in [-0.25, -0.2) is 0 Å². The minimum absolute atomic E-state index is 0.0481. The molecule has 0 bridgehead atoms. The maximum atomic E-state index is 12.0. The minimum Gasteiger partial charge on any atom is -0.396 e. The van der Waals surface area contributed by atoms with E-state index in [1.165, 1.54) is 14.2 Å². The lowest BCUT2D eigenvalue weighted by molar-refractivity contribution is 0.186. The van der Waals surface area contributed by atoms with Gasteiger partial charge in [-0.2, -0.15) is 0 Å². The topological polar surface area (TPSA) is 102 Å². The number of nitrogens with two attached hydrogens (primary N) is 1. The fourth-order valence-electron chi connectivity index (χ4n) is 1.22. The largest absolute Gasteiger partial charge is 0.396 e. The minimum atomic E-state index is -3.48. The second-order valence-electron chi connectivity index (χ2n) is 2.91. The molecule has 0 unspecified atom stereocenters. The van der Waals surface area contributed by atoms with Crippen LogP contribution in [-0.2, 0) is 13.6 Å². The third-order valence-corrected chi connectivity index (χ3v) is 4.62. The summed E-state index contributed by atoms with van der Waals surface area (Å²) in [5, 5.41) is 16.2. The van der Waals surface area contributed by atoms with Gasteiger partial charge in [-0.1, -0.05) is 0 Å². The van der Waals surface area contributed by atoms with Gasteiger partial charge in [0.05, 0.1) is 0 Å². The number of hydrogen-bond acceptors (Lipinski definition) is 6. The molecule has 86 valence electrons. The Morgan fingerprint density at radius 1 is 1.21 bits per heavy atom. The first-order valence-corrected chi connectivity index (χ1v) is 5.76. The van der Waals surface area contributed by atoms with Crippen LogP contribution in [0.4, 0.5) is 0 Å². The summed E-state index contributed by atoms with van der Waals surface area (Å²) in [6, 6.07) is 0. The molecule has 0 fully saturated rings. The first-order valence-electron chi connectivity index (χ1n) is 4.22. The van der Waals surface area contributed by atoms with Crippen LogP contribution in [-0.4, -0.2) is 42.9 Å². The quantitative estimate of drug-likeness (QED) is 0.524. The van der Waals surface area contributed by atoms with Gasteiger partial charge in [0.2, 0.25) is 0 Å². The van der Waals surface area contributed by atoms with E-state index in [4.69, 9.17) is 25.0 Å². The second-order valence-corrected chi connectivity index (χ2v) is 5.53. The molecule has 0 aromatic rings. The van der Waals surface area contributed by atoms with Gasteiger partial charge in [0.25, 0.3) is 0 Å². The fraction of sp³-hybridized carbons (Fsp3) is 1.00. The predicted octanol–water partition coefficient (Wildman–Crippen LogP) is -0.108. The van der Waals surface area contributed by atoms with E-state index in [0.717, 1.165) is 0 Å². The summed E-state index contributed by atoms with van der Waals surface area (Å²) in [6.45, 7) is -0.486. The van der Waals surface area contributed by atoms with E-state index < -0.39 is 12.9 Å². The molecular formula is C7H18NO5P. The van der Waals surface area contributed by atoms with E-state index in [9.17, 15) is 4.57 Å². The zero-order valence-electron chi connectivity index (χ0n) is 8.47. The molecule has 0 saturated heterocycles. The summed E-state index contributed by atoms with van der Waals surface area (Å²) in [5.41, 5.74) is 5.79. The summed E-state index contributed by atoms with van der Waals surface area (Å²) in [6.07, 6.45) is 0.0963. The Morgan fingerprint density at radius 2 is 1.57 bits per heavy atom. The Hall–Kier alpha value is 0.0300. The summed E-state index contributed by atoms with van der Waals surface area (Å²) >= 11 is 0. The van der Waals surface area contributed by atoms with E-state index in [1.54, 1.807) is 0 Å². The van der Waals surface area contributed by atoms with Gasteiger partial charge in [-0.05, 0) is 0 Å². The van der Waals surface area contributed by atoms with Crippen molar-refractivity contribution in [3.63, 3.8) is 0 Å². The van der Waals surface area contributed by atoms with Crippen LogP contribution in [0.1, 0.15) is 12.8 Å². The predicted molar refractivity (Wildman–Crippen MR) is 51.9 cm³/mol. The van der Waals surface area contributed by atoms with Gasteiger partial charge in [-0.15, -0.1) is 0 Å². The van der Waals surface area contributed by atoms with Gasteiger partial charge in [0, 0.05) is 40.3 Å². The molecule has 0 aromatic carbocycles. The second kappa shape index (κ2) is 5.80. The van der Waals surface area contributed by atoms with Crippen LogP contribution < -0.4 is 5.73 Å². The molecule has 0 aliphatic heterocycles. The Bertz CT molecular complexity index is 196. The third-order valence-electron chi connectivity index (χ3n) is 2.12. The molecule has 6 nitrogen and oxygen atoms in total. The Kier molecular flexibility index (Phi) is 5.81. The van der Waals surface area contributed by atoms with Gasteiger partial charge in [0.1, 0.15) is 5.28 Å². The lowest BCUT2D eigenvalue weighted by Gasteiger charge is -2.33. The standard InChI is InChI=1S/C7H18NO5P/c1-12-14(11,13-2)7(8,3-5-9)4-6-10/h9-10H,3-6,8H2,1-2H3. The van der Waals surface area contributed by atoms with Gasteiger partial charge < -0.3 is 25.0 Å². The van der Waals surface area contributed by atoms with Crippen molar-refractivity contribution in [1.29, 1.82) is 0 Å². The molecule has 0 atom stereocenters. The van der Waals surface area contributed by atoms with Crippen molar-refractivity contribution in [2.45, 2.75) is 18.1 Å². The van der Waals surface area contributed by atoms with Gasteiger partial charge >= 0.3 is 7.60 Å². The van der Waals surface area contributed by atoms with Crippen LogP contribution in [0.5, 0.6) is 0 Å². The van der Waals surface area contributed by atoms with E-state index in [0.29, 0.717) is 0 Å². The zero-order valence-corrected chi connectivity index (χ0v) is 9.37. The molecule has 7 heteroatoms. The zero-order chi connectivity index (χ0) is 11.2. The lowest BCUT2D eigenvalue weighted by atomic mass is 10.1. The molecule has 0 rings (SSSR count). The van der Waals surface area contributed by atoms with Crippen molar-refractivity contribution in [2.24, 2.45) is 5.73 Å². The van der Waals surface area contributed by atoms with Crippen LogP contribution in [0, 0.1) is 0 Å². The number of hydrogen-bond donors (Lipinski definition) is 3. The van der Waals surface area contributed by atoms with Crippen LogP contribution in [0.2, 0.25) is 0 Å². The van der Waals surface area contributed by atoms with Gasteiger partial charge in [-0.3, -0.25) is 4.57 Å². The van der Waals surface area contributed by atoms with Crippen molar-refractivity contribution in [1.82, 2.24) is 0 Å². The molecule has 0 radical (unpaired) electrons. The molecule has 0 aliphatic rings. The molecule has 4 N–H and O–H groups in total. The number of aliphatic hydroxyl groups is 2.